The molecule has 5 nitrogen and oxygen atoms in total. The molecule has 0 radical (unpaired) electrons. The summed E-state index contributed by atoms with van der Waals surface area (Å²) in [6.07, 6.45) is 0.148. The van der Waals surface area contributed by atoms with Crippen molar-refractivity contribution < 1.29 is 9.59 Å². The highest BCUT2D eigenvalue weighted by Gasteiger charge is 2.24. The molecule has 0 spiro atoms. The van der Waals surface area contributed by atoms with Gasteiger partial charge in [-0.05, 0) is 0 Å². The monoisotopic (exact) mass is 129 g/mol. The van der Waals surface area contributed by atoms with Crippen LogP contribution in [0, 0.1) is 0 Å². The van der Waals surface area contributed by atoms with Crippen molar-refractivity contribution in [2.45, 2.75) is 12.5 Å². The molecule has 5 heteroatoms. The number of rotatable bonds is 1. The predicted molar refractivity (Wildman–Crippen MR) is 28.9 cm³/mol. The summed E-state index contributed by atoms with van der Waals surface area (Å²) in [6, 6.07) is -0.530. The zero-order valence-electron chi connectivity index (χ0n) is 4.68. The van der Waals surface area contributed by atoms with E-state index >= 15 is 0 Å². The van der Waals surface area contributed by atoms with E-state index in [1.807, 2.05) is 0 Å². The molecular weight excluding hydrogens is 122 g/mol. The maximum Gasteiger partial charge on any atom is 0.236 e. The fourth-order valence-electron chi connectivity index (χ4n) is 0.627. The Hall–Kier alpha value is -1.10. The lowest BCUT2D eigenvalue weighted by molar-refractivity contribution is -0.122. The predicted octanol–water partition coefficient (Wildman–Crippen LogP) is -2.14. The van der Waals surface area contributed by atoms with E-state index in [0.717, 1.165) is 0 Å². The molecule has 1 aliphatic rings. The molecule has 1 unspecified atom stereocenters. The quantitative estimate of drug-likeness (QED) is 0.378. The maximum absolute atomic E-state index is 10.4. The molecule has 1 aliphatic heterocycles. The second kappa shape index (κ2) is 2.02. The van der Waals surface area contributed by atoms with E-state index in [1.54, 1.807) is 0 Å². The van der Waals surface area contributed by atoms with E-state index in [0.29, 0.717) is 0 Å². The van der Waals surface area contributed by atoms with Gasteiger partial charge in [-0.1, -0.05) is 0 Å². The van der Waals surface area contributed by atoms with Crippen molar-refractivity contribution in [1.29, 1.82) is 0 Å². The van der Waals surface area contributed by atoms with Crippen LogP contribution in [0.2, 0.25) is 0 Å². The van der Waals surface area contributed by atoms with E-state index in [9.17, 15) is 9.59 Å². The molecule has 1 rings (SSSR count). The third-order valence-electron chi connectivity index (χ3n) is 1.12. The van der Waals surface area contributed by atoms with Gasteiger partial charge in [0.1, 0.15) is 6.04 Å². The number of carbonyl (C=O) groups excluding carboxylic acids is 2. The Morgan fingerprint density at radius 2 is 2.44 bits per heavy atom. The number of hydrazine groups is 1. The molecular formula is C4H7N3O2. The molecule has 50 valence electrons. The Balaban J connectivity index is 2.48. The van der Waals surface area contributed by atoms with Crippen LogP contribution in [0.3, 0.4) is 0 Å². The molecule has 4 N–H and O–H groups in total. The molecule has 1 fully saturated rings. The van der Waals surface area contributed by atoms with Gasteiger partial charge in [0.15, 0.2) is 0 Å². The summed E-state index contributed by atoms with van der Waals surface area (Å²) in [5, 5.41) is 0. The smallest absolute Gasteiger partial charge is 0.236 e. The van der Waals surface area contributed by atoms with Crippen molar-refractivity contribution in [2.24, 2.45) is 5.73 Å². The molecule has 0 aromatic carbocycles. The second-order valence-electron chi connectivity index (χ2n) is 1.85. The highest BCUT2D eigenvalue weighted by molar-refractivity contribution is 5.89. The van der Waals surface area contributed by atoms with Gasteiger partial charge < -0.3 is 5.73 Å². The molecule has 0 aromatic heterocycles. The number of carbonyl (C=O) groups is 2. The van der Waals surface area contributed by atoms with Crippen LogP contribution < -0.4 is 16.6 Å². The summed E-state index contributed by atoms with van der Waals surface area (Å²) in [7, 11) is 0. The summed E-state index contributed by atoms with van der Waals surface area (Å²) in [5.41, 5.74) is 9.56. The maximum atomic E-state index is 10.4. The van der Waals surface area contributed by atoms with Gasteiger partial charge in [0.05, 0.1) is 6.42 Å². The summed E-state index contributed by atoms with van der Waals surface area (Å²) < 4.78 is 0. The highest BCUT2D eigenvalue weighted by atomic mass is 16.2. The lowest BCUT2D eigenvalue weighted by Crippen LogP contribution is -2.40. The minimum atomic E-state index is -0.530. The Morgan fingerprint density at radius 3 is 2.67 bits per heavy atom. The van der Waals surface area contributed by atoms with Crippen LogP contribution in [0.25, 0.3) is 0 Å². The fraction of sp³-hybridized carbons (Fsp3) is 0.500. The molecule has 2 amide bonds. The SMILES string of the molecule is NC(=O)C1CC(=O)NN1. The third kappa shape index (κ3) is 1.17. The molecule has 0 aliphatic carbocycles. The first-order chi connectivity index (χ1) is 4.20. The van der Waals surface area contributed by atoms with Crippen LogP contribution in [0.15, 0.2) is 0 Å². The Kier molecular flexibility index (Phi) is 1.35. The van der Waals surface area contributed by atoms with Gasteiger partial charge in [-0.3, -0.25) is 15.0 Å². The van der Waals surface area contributed by atoms with E-state index in [1.165, 1.54) is 0 Å². The molecule has 0 saturated carbocycles. The number of nitrogens with one attached hydrogen (secondary N) is 2. The average Bonchev–Trinajstić information content (AvgIpc) is 2.14. The lowest BCUT2D eigenvalue weighted by Gasteiger charge is -1.99. The zero-order chi connectivity index (χ0) is 6.85. The minimum Gasteiger partial charge on any atom is -0.368 e. The topological polar surface area (TPSA) is 84.2 Å². The number of amides is 2. The van der Waals surface area contributed by atoms with Crippen molar-refractivity contribution >= 4 is 11.8 Å². The van der Waals surface area contributed by atoms with E-state index in [2.05, 4.69) is 10.9 Å². The van der Waals surface area contributed by atoms with E-state index < -0.39 is 11.9 Å². The Morgan fingerprint density at radius 1 is 1.78 bits per heavy atom. The average molecular weight is 129 g/mol. The van der Waals surface area contributed by atoms with Gasteiger partial charge in [0.2, 0.25) is 11.8 Å². The second-order valence-corrected chi connectivity index (χ2v) is 1.85. The van der Waals surface area contributed by atoms with Gasteiger partial charge in [0.25, 0.3) is 0 Å². The van der Waals surface area contributed by atoms with Crippen LogP contribution in [-0.2, 0) is 9.59 Å². The van der Waals surface area contributed by atoms with Gasteiger partial charge >= 0.3 is 0 Å². The first kappa shape index (κ1) is 6.03. The number of nitrogens with two attached hydrogens (primary N) is 1. The number of hydrogen-bond donors (Lipinski definition) is 3. The summed E-state index contributed by atoms with van der Waals surface area (Å²) in [4.78, 5) is 20.7. The highest BCUT2D eigenvalue weighted by Crippen LogP contribution is 1.94. The van der Waals surface area contributed by atoms with Gasteiger partial charge in [-0.25, -0.2) is 5.43 Å². The molecule has 0 aromatic rings. The van der Waals surface area contributed by atoms with Crippen LogP contribution in [0.4, 0.5) is 0 Å². The summed E-state index contributed by atoms with van der Waals surface area (Å²) in [6.45, 7) is 0. The van der Waals surface area contributed by atoms with Crippen molar-refractivity contribution in [2.75, 3.05) is 0 Å². The summed E-state index contributed by atoms with van der Waals surface area (Å²) >= 11 is 0. The molecule has 1 atom stereocenters. The van der Waals surface area contributed by atoms with Gasteiger partial charge in [-0.15, -0.1) is 0 Å². The normalized spacial score (nSPS) is 25.8. The van der Waals surface area contributed by atoms with Crippen LogP contribution in [0.5, 0.6) is 0 Å². The summed E-state index contributed by atoms with van der Waals surface area (Å²) in [5.74, 6) is -0.702. The first-order valence-corrected chi connectivity index (χ1v) is 2.54. The van der Waals surface area contributed by atoms with Crippen molar-refractivity contribution in [3.8, 4) is 0 Å². The van der Waals surface area contributed by atoms with Gasteiger partial charge in [-0.2, -0.15) is 0 Å². The molecule has 9 heavy (non-hydrogen) atoms. The zero-order valence-corrected chi connectivity index (χ0v) is 4.68. The third-order valence-corrected chi connectivity index (χ3v) is 1.12. The largest absolute Gasteiger partial charge is 0.368 e. The Labute approximate surface area is 51.6 Å². The molecule has 0 bridgehead atoms. The van der Waals surface area contributed by atoms with E-state index in [-0.39, 0.29) is 12.3 Å². The van der Waals surface area contributed by atoms with Crippen LogP contribution in [0.1, 0.15) is 6.42 Å². The van der Waals surface area contributed by atoms with Crippen molar-refractivity contribution in [3.05, 3.63) is 0 Å². The standard InChI is InChI=1S/C4H7N3O2/c5-4(9)2-1-3(8)7-6-2/h2,6H,1H2,(H2,5,9)(H,7,8). The minimum absolute atomic E-state index is 0.148. The molecule has 1 saturated heterocycles. The van der Waals surface area contributed by atoms with Crippen molar-refractivity contribution in [1.82, 2.24) is 10.9 Å². The first-order valence-electron chi connectivity index (χ1n) is 2.54. The van der Waals surface area contributed by atoms with Crippen LogP contribution in [-0.4, -0.2) is 17.9 Å². The molecule has 1 heterocycles. The number of hydrogen-bond acceptors (Lipinski definition) is 3. The lowest BCUT2D eigenvalue weighted by atomic mass is 10.2. The van der Waals surface area contributed by atoms with Crippen molar-refractivity contribution in [3.63, 3.8) is 0 Å². The van der Waals surface area contributed by atoms with Crippen LogP contribution >= 0.6 is 0 Å². The fourth-order valence-corrected chi connectivity index (χ4v) is 0.627. The van der Waals surface area contributed by atoms with Gasteiger partial charge in [0, 0.05) is 0 Å². The number of primary amides is 1. The van der Waals surface area contributed by atoms with E-state index in [4.69, 9.17) is 5.73 Å². The Bertz CT molecular complexity index is 156.